The number of amides is 4. The fraction of sp³-hybridized carbons (Fsp3) is 0.400. The number of rotatable bonds is 12. The van der Waals surface area contributed by atoms with Gasteiger partial charge in [-0.25, -0.2) is 4.79 Å². The van der Waals surface area contributed by atoms with Crippen molar-refractivity contribution in [2.24, 2.45) is 0 Å². The van der Waals surface area contributed by atoms with Gasteiger partial charge < -0.3 is 31.3 Å². The third-order valence-electron chi connectivity index (χ3n) is 7.76. The van der Waals surface area contributed by atoms with E-state index in [0.717, 1.165) is 33.5 Å². The van der Waals surface area contributed by atoms with Gasteiger partial charge in [-0.15, -0.1) is 0 Å². The number of carbonyl (C=O) groups excluding carboxylic acids is 3. The Morgan fingerprint density at radius 1 is 1.00 bits per heavy atom. The number of nitrogens with one attached hydrogen (secondary N) is 4. The van der Waals surface area contributed by atoms with Crippen molar-refractivity contribution in [3.63, 3.8) is 0 Å². The number of nitrogens with zero attached hydrogens (tertiary/aromatic N) is 1. The van der Waals surface area contributed by atoms with Crippen molar-refractivity contribution in [3.8, 4) is 11.1 Å². The number of carbonyl (C=O) groups is 3. The van der Waals surface area contributed by atoms with Gasteiger partial charge in [-0.2, -0.15) is 0 Å². The Labute approximate surface area is 260 Å². The number of para-hydroxylation sites is 1. The summed E-state index contributed by atoms with van der Waals surface area (Å²) in [6, 6.07) is 23.2. The molecule has 0 radical (unpaired) electrons. The van der Waals surface area contributed by atoms with Crippen LogP contribution < -0.4 is 26.2 Å². The van der Waals surface area contributed by atoms with Crippen LogP contribution >= 0.6 is 0 Å². The maximum Gasteiger partial charge on any atom is 0.315 e. The molecule has 0 aromatic heterocycles. The Kier molecular flexibility index (Phi) is 11.1. The molecule has 1 aliphatic rings. The molecule has 4 rings (SSSR count). The van der Waals surface area contributed by atoms with Gasteiger partial charge in [-0.1, -0.05) is 66.7 Å². The number of aliphatic hydroxyl groups is 1. The van der Waals surface area contributed by atoms with Gasteiger partial charge in [-0.3, -0.25) is 9.59 Å². The van der Waals surface area contributed by atoms with Crippen LogP contribution in [0.5, 0.6) is 0 Å². The standard InChI is InChI=1S/C35H45N5O4/c1-5-36-34(44)37-22-28-11-6-8-12-29(28)26-16-14-25(15-17-26)23-40-31-13-9-7-10-27(31)18-19-30(33(40)43)39-32(42)20-35(3,4)38-21-24(2)41/h6-17,24,30,38,41H,5,18-23H2,1-4H3,(H,39,42)(H2,36,37,44)/t24-,30-/m1/s1. The predicted octanol–water partition coefficient (Wildman–Crippen LogP) is 4.28. The van der Waals surface area contributed by atoms with E-state index in [4.69, 9.17) is 0 Å². The molecule has 0 bridgehead atoms. The van der Waals surface area contributed by atoms with Crippen LogP contribution in [-0.2, 0) is 29.1 Å². The minimum Gasteiger partial charge on any atom is -0.392 e. The highest BCUT2D eigenvalue weighted by Gasteiger charge is 2.32. The highest BCUT2D eigenvalue weighted by Crippen LogP contribution is 2.30. The number of aryl methyl sites for hydroxylation is 1. The second-order valence-corrected chi connectivity index (χ2v) is 12.1. The van der Waals surface area contributed by atoms with Crippen molar-refractivity contribution in [1.29, 1.82) is 0 Å². The van der Waals surface area contributed by atoms with Gasteiger partial charge in [0.15, 0.2) is 0 Å². The van der Waals surface area contributed by atoms with E-state index in [1.807, 2.05) is 93.6 Å². The molecule has 0 saturated carbocycles. The number of fused-ring (bicyclic) bond motifs is 1. The van der Waals surface area contributed by atoms with E-state index < -0.39 is 17.7 Å². The van der Waals surface area contributed by atoms with Gasteiger partial charge in [-0.05, 0) is 74.4 Å². The zero-order valence-electron chi connectivity index (χ0n) is 26.2. The molecule has 44 heavy (non-hydrogen) atoms. The molecule has 0 fully saturated rings. The van der Waals surface area contributed by atoms with Crippen LogP contribution in [0.1, 0.15) is 57.2 Å². The van der Waals surface area contributed by atoms with Crippen molar-refractivity contribution in [2.75, 3.05) is 18.0 Å². The van der Waals surface area contributed by atoms with Gasteiger partial charge in [0.05, 0.1) is 12.6 Å². The second kappa shape index (κ2) is 15.0. The summed E-state index contributed by atoms with van der Waals surface area (Å²) in [5, 5.41) is 21.5. The molecule has 1 aliphatic heterocycles. The smallest absolute Gasteiger partial charge is 0.315 e. The van der Waals surface area contributed by atoms with Gasteiger partial charge in [0.2, 0.25) is 11.8 Å². The summed E-state index contributed by atoms with van der Waals surface area (Å²) >= 11 is 0. The summed E-state index contributed by atoms with van der Waals surface area (Å²) in [5.41, 5.74) is 5.41. The summed E-state index contributed by atoms with van der Waals surface area (Å²) in [6.45, 7) is 9.11. The van der Waals surface area contributed by atoms with E-state index in [1.165, 1.54) is 0 Å². The molecule has 2 atom stereocenters. The highest BCUT2D eigenvalue weighted by atomic mass is 16.3. The van der Waals surface area contributed by atoms with E-state index in [0.29, 0.717) is 39.0 Å². The van der Waals surface area contributed by atoms with Crippen molar-refractivity contribution in [2.45, 2.75) is 77.7 Å². The minimum absolute atomic E-state index is 0.135. The second-order valence-electron chi connectivity index (χ2n) is 12.1. The van der Waals surface area contributed by atoms with Crippen LogP contribution in [0.3, 0.4) is 0 Å². The number of anilines is 1. The van der Waals surface area contributed by atoms with E-state index in [1.54, 1.807) is 11.8 Å². The summed E-state index contributed by atoms with van der Waals surface area (Å²) in [7, 11) is 0. The fourth-order valence-corrected chi connectivity index (χ4v) is 5.47. The Hall–Kier alpha value is -4.21. The highest BCUT2D eigenvalue weighted by molar-refractivity contribution is 6.00. The lowest BCUT2D eigenvalue weighted by molar-refractivity contribution is -0.128. The topological polar surface area (TPSA) is 123 Å². The third kappa shape index (κ3) is 8.90. The monoisotopic (exact) mass is 599 g/mol. The number of benzene rings is 3. The molecule has 9 heteroatoms. The minimum atomic E-state index is -0.647. The van der Waals surface area contributed by atoms with E-state index >= 15 is 0 Å². The lowest BCUT2D eigenvalue weighted by atomic mass is 9.98. The van der Waals surface area contributed by atoms with Gasteiger partial charge in [0.25, 0.3) is 0 Å². The van der Waals surface area contributed by atoms with Crippen molar-refractivity contribution >= 4 is 23.5 Å². The Bertz CT molecular complexity index is 1440. The lowest BCUT2D eigenvalue weighted by Gasteiger charge is -2.29. The number of aliphatic hydroxyl groups excluding tert-OH is 1. The first-order valence-corrected chi connectivity index (χ1v) is 15.4. The summed E-state index contributed by atoms with van der Waals surface area (Å²) in [5.74, 6) is -0.342. The largest absolute Gasteiger partial charge is 0.392 e. The van der Waals surface area contributed by atoms with E-state index in [9.17, 15) is 19.5 Å². The lowest BCUT2D eigenvalue weighted by Crippen LogP contribution is -2.51. The molecule has 0 aliphatic carbocycles. The molecule has 9 nitrogen and oxygen atoms in total. The molecule has 0 unspecified atom stereocenters. The van der Waals surface area contributed by atoms with E-state index in [-0.39, 0.29) is 24.3 Å². The van der Waals surface area contributed by atoms with Crippen LogP contribution in [0.15, 0.2) is 72.8 Å². The molecule has 3 aromatic carbocycles. The first-order valence-electron chi connectivity index (χ1n) is 15.4. The van der Waals surface area contributed by atoms with Crippen molar-refractivity contribution < 1.29 is 19.5 Å². The first-order chi connectivity index (χ1) is 21.1. The average molecular weight is 600 g/mol. The van der Waals surface area contributed by atoms with Crippen LogP contribution in [0.25, 0.3) is 11.1 Å². The molecular formula is C35H45N5O4. The van der Waals surface area contributed by atoms with Gasteiger partial charge in [0, 0.05) is 37.3 Å². The van der Waals surface area contributed by atoms with Crippen LogP contribution in [0.4, 0.5) is 10.5 Å². The van der Waals surface area contributed by atoms with E-state index in [2.05, 4.69) is 21.3 Å². The van der Waals surface area contributed by atoms with Crippen LogP contribution in [0.2, 0.25) is 0 Å². The number of β-amino-alcohol motifs (C(OH)–C–C–N with tert-alkyl or cyclic N) is 1. The number of urea groups is 1. The van der Waals surface area contributed by atoms with Crippen molar-refractivity contribution in [3.05, 3.63) is 89.5 Å². The first kappa shape index (κ1) is 32.7. The molecule has 4 amide bonds. The zero-order chi connectivity index (χ0) is 31.7. The SMILES string of the molecule is CCNC(=O)NCc1ccccc1-c1ccc(CN2C(=O)[C@H](NC(=O)CC(C)(C)NC[C@@H](C)O)CCc3ccccc32)cc1. The number of hydrogen-bond donors (Lipinski definition) is 5. The van der Waals surface area contributed by atoms with Crippen molar-refractivity contribution in [1.82, 2.24) is 21.3 Å². The van der Waals surface area contributed by atoms with Gasteiger partial charge in [0.1, 0.15) is 6.04 Å². The number of hydrogen-bond acceptors (Lipinski definition) is 5. The molecule has 1 heterocycles. The Balaban J connectivity index is 1.50. The summed E-state index contributed by atoms with van der Waals surface area (Å²) in [6.07, 6.45) is 0.845. The van der Waals surface area contributed by atoms with Gasteiger partial charge >= 0.3 is 6.03 Å². The fourth-order valence-electron chi connectivity index (χ4n) is 5.47. The normalized spacial score (nSPS) is 15.6. The summed E-state index contributed by atoms with van der Waals surface area (Å²) in [4.78, 5) is 40.8. The Morgan fingerprint density at radius 3 is 2.43 bits per heavy atom. The molecular weight excluding hydrogens is 554 g/mol. The zero-order valence-corrected chi connectivity index (χ0v) is 26.2. The molecule has 234 valence electrons. The average Bonchev–Trinajstić information content (AvgIpc) is 3.12. The maximum atomic E-state index is 14.0. The molecule has 0 saturated heterocycles. The maximum absolute atomic E-state index is 14.0. The Morgan fingerprint density at radius 2 is 1.70 bits per heavy atom. The molecule has 5 N–H and O–H groups in total. The third-order valence-corrected chi connectivity index (χ3v) is 7.76. The quantitative estimate of drug-likeness (QED) is 0.213. The van der Waals surface area contributed by atoms with Crippen LogP contribution in [-0.4, -0.2) is 53.7 Å². The molecule has 0 spiro atoms. The van der Waals surface area contributed by atoms with Crippen LogP contribution in [0, 0.1) is 0 Å². The molecule has 3 aromatic rings. The predicted molar refractivity (Wildman–Crippen MR) is 174 cm³/mol. The summed E-state index contributed by atoms with van der Waals surface area (Å²) < 4.78 is 0.